The van der Waals surface area contributed by atoms with E-state index in [4.69, 9.17) is 5.73 Å². The molecule has 2 heterocycles. The van der Waals surface area contributed by atoms with Gasteiger partial charge in [0.1, 0.15) is 0 Å². The molecule has 2 aromatic heterocycles. The molecule has 1 aromatic carbocycles. The van der Waals surface area contributed by atoms with Gasteiger partial charge in [-0.1, -0.05) is 0 Å². The molecule has 0 unspecified atom stereocenters. The van der Waals surface area contributed by atoms with Crippen LogP contribution in [0.2, 0.25) is 0 Å². The molecule has 0 saturated carbocycles. The molecule has 0 amide bonds. The van der Waals surface area contributed by atoms with Gasteiger partial charge in [-0.15, -0.1) is 0 Å². The molecule has 0 atom stereocenters. The van der Waals surface area contributed by atoms with Gasteiger partial charge in [0.15, 0.2) is 0 Å². The number of nitrogen functional groups attached to an aromatic ring is 1. The van der Waals surface area contributed by atoms with Crippen molar-refractivity contribution in [2.45, 2.75) is 0 Å². The van der Waals surface area contributed by atoms with Gasteiger partial charge in [0, 0.05) is 0 Å². The summed E-state index contributed by atoms with van der Waals surface area (Å²) in [7, 11) is 0. The van der Waals surface area contributed by atoms with Crippen LogP contribution < -0.4 is 5.73 Å². The second-order valence-corrected chi connectivity index (χ2v) is 5.84. The van der Waals surface area contributed by atoms with Crippen molar-refractivity contribution in [2.75, 3.05) is 5.73 Å². The van der Waals surface area contributed by atoms with Gasteiger partial charge in [0.05, 0.1) is 0 Å². The summed E-state index contributed by atoms with van der Waals surface area (Å²) in [5, 5.41) is 5.48. The van der Waals surface area contributed by atoms with E-state index in [1.165, 1.54) is 12.3 Å². The number of pyridine rings is 1. The molecule has 3 aromatic rings. The molecule has 6 heteroatoms. The Kier molecular flexibility index (Phi) is 2.77. The van der Waals surface area contributed by atoms with Crippen molar-refractivity contribution in [1.82, 2.24) is 12.6 Å². The van der Waals surface area contributed by atoms with Gasteiger partial charge >= 0.3 is 119 Å². The number of benzene rings is 1. The standard InChI is InChI=1S/C12H8FN4.Tl/c13-11-4-1-7(6-15-11)12-9-5-8(14)2-3-10(9)16-17-12;/h1-6H,14H2;/q-1;+1. The van der Waals surface area contributed by atoms with E-state index in [-0.39, 0.29) is 0 Å². The summed E-state index contributed by atoms with van der Waals surface area (Å²) in [6.07, 6.45) is 1.49. The van der Waals surface area contributed by atoms with Gasteiger partial charge in [-0.2, -0.15) is 0 Å². The normalized spacial score (nSPS) is 10.9. The van der Waals surface area contributed by atoms with E-state index < -0.39 is 5.95 Å². The first-order valence-electron chi connectivity index (χ1n) is 5.30. The van der Waals surface area contributed by atoms with Crippen LogP contribution in [0.1, 0.15) is 0 Å². The second kappa shape index (κ2) is 4.30. The van der Waals surface area contributed by atoms with Crippen LogP contribution >= 0.6 is 0 Å². The predicted octanol–water partition coefficient (Wildman–Crippen LogP) is 1.75. The molecule has 0 saturated heterocycles. The Morgan fingerprint density at radius 3 is 2.78 bits per heavy atom. The van der Waals surface area contributed by atoms with Gasteiger partial charge in [-0.05, 0) is 0 Å². The van der Waals surface area contributed by atoms with E-state index in [9.17, 15) is 4.39 Å². The second-order valence-electron chi connectivity index (χ2n) is 3.94. The number of hydrogen-bond acceptors (Lipinski definition) is 3. The van der Waals surface area contributed by atoms with E-state index in [2.05, 4.69) is 10.1 Å². The summed E-state index contributed by atoms with van der Waals surface area (Å²) in [6.45, 7) is 0. The first-order valence-corrected chi connectivity index (χ1v) is 7.31. The first-order chi connectivity index (χ1) is 8.65. The maximum atomic E-state index is 12.8. The van der Waals surface area contributed by atoms with Crippen LogP contribution in [0, 0.1) is 5.95 Å². The fourth-order valence-electron chi connectivity index (χ4n) is 1.89. The number of halogens is 1. The van der Waals surface area contributed by atoms with Gasteiger partial charge < -0.3 is 0 Å². The third kappa shape index (κ3) is 1.88. The number of rotatable bonds is 1. The van der Waals surface area contributed by atoms with Gasteiger partial charge in [-0.3, -0.25) is 0 Å². The number of aromatic nitrogens is 3. The van der Waals surface area contributed by atoms with Crippen molar-refractivity contribution in [1.29, 1.82) is 0 Å². The minimum atomic E-state index is -0.491. The number of nitrogens with two attached hydrogens (primary N) is 1. The van der Waals surface area contributed by atoms with Crippen LogP contribution in [0.3, 0.4) is 0 Å². The fourth-order valence-corrected chi connectivity index (χ4v) is 3.21. The Labute approximate surface area is 119 Å². The molecule has 0 aliphatic carbocycles. The third-order valence-corrected chi connectivity index (χ3v) is 4.26. The fraction of sp³-hybridized carbons (Fsp3) is 0. The van der Waals surface area contributed by atoms with Crippen molar-refractivity contribution in [3.05, 3.63) is 42.5 Å². The number of fused-ring (bicyclic) bond motifs is 1. The predicted molar refractivity (Wildman–Crippen MR) is 68.5 cm³/mol. The van der Waals surface area contributed by atoms with Gasteiger partial charge in [0.2, 0.25) is 0 Å². The zero-order valence-electron chi connectivity index (χ0n) is 9.34. The SMILES string of the molecule is Nc1ccc2c(c1)c(-c1ccc(F)nc1)n[n]2[Tl]. The van der Waals surface area contributed by atoms with Crippen molar-refractivity contribution < 1.29 is 4.39 Å². The molecule has 0 bridgehead atoms. The molecule has 86 valence electrons. The van der Waals surface area contributed by atoms with Crippen molar-refractivity contribution in [3.8, 4) is 11.3 Å². The molecular formula is C12H8FN4Tl. The van der Waals surface area contributed by atoms with Crippen molar-refractivity contribution in [2.24, 2.45) is 0 Å². The summed E-state index contributed by atoms with van der Waals surface area (Å²) in [4.78, 5) is 3.66. The molecule has 2 N–H and O–H groups in total. The van der Waals surface area contributed by atoms with Crippen LogP contribution in [-0.2, 0) is 0 Å². The summed E-state index contributed by atoms with van der Waals surface area (Å²) in [5.74, 6) is -0.491. The topological polar surface area (TPSA) is 56.7 Å². The molecule has 18 heavy (non-hydrogen) atoms. The molecule has 0 radical (unpaired) electrons. The average molecular weight is 432 g/mol. The number of anilines is 1. The quantitative estimate of drug-likeness (QED) is 0.363. The van der Waals surface area contributed by atoms with Crippen LogP contribution in [0.4, 0.5) is 10.1 Å². The van der Waals surface area contributed by atoms with Crippen LogP contribution in [0.5, 0.6) is 0 Å². The molecule has 0 aliphatic heterocycles. The number of nitrogens with zero attached hydrogens (tertiary/aromatic N) is 3. The third-order valence-electron chi connectivity index (χ3n) is 2.73. The van der Waals surface area contributed by atoms with Crippen LogP contribution in [-0.4, -0.2) is 38.6 Å². The summed E-state index contributed by atoms with van der Waals surface area (Å²) >= 11 is 0.559. The molecule has 4 nitrogen and oxygen atoms in total. The Morgan fingerprint density at radius 1 is 1.22 bits per heavy atom. The van der Waals surface area contributed by atoms with E-state index in [0.717, 1.165) is 22.2 Å². The monoisotopic (exact) mass is 432 g/mol. The summed E-state index contributed by atoms with van der Waals surface area (Å²) in [6, 6.07) is 8.72. The Bertz CT molecular complexity index is 721. The zero-order chi connectivity index (χ0) is 12.7. The average Bonchev–Trinajstić information content (AvgIpc) is 2.67. The molecule has 0 fully saturated rings. The zero-order valence-corrected chi connectivity index (χ0v) is 13.8. The van der Waals surface area contributed by atoms with Crippen molar-refractivity contribution in [3.63, 3.8) is 0 Å². The molecule has 0 spiro atoms. The minimum absolute atomic E-state index is 0.491. The summed E-state index contributed by atoms with van der Waals surface area (Å²) in [5.41, 5.74) is 9.14. The number of hydrogen-bond donors (Lipinski definition) is 1. The van der Waals surface area contributed by atoms with E-state index in [1.807, 2.05) is 20.7 Å². The van der Waals surface area contributed by atoms with Gasteiger partial charge in [0.25, 0.3) is 0 Å². The Hall–Kier alpha value is -1.51. The molecule has 0 aliphatic rings. The molecular weight excluding hydrogens is 424 g/mol. The van der Waals surface area contributed by atoms with Crippen molar-refractivity contribution >= 4 is 42.7 Å². The molecule has 3 rings (SSSR count). The van der Waals surface area contributed by atoms with E-state index in [0.29, 0.717) is 31.8 Å². The summed E-state index contributed by atoms with van der Waals surface area (Å²) < 4.78 is 14.8. The first kappa shape index (κ1) is 11.6. The van der Waals surface area contributed by atoms with Crippen LogP contribution in [0.25, 0.3) is 22.2 Å². The van der Waals surface area contributed by atoms with E-state index in [1.54, 1.807) is 6.07 Å². The maximum absolute atomic E-state index is 12.8. The van der Waals surface area contributed by atoms with Crippen LogP contribution in [0.15, 0.2) is 36.5 Å². The van der Waals surface area contributed by atoms with Gasteiger partial charge in [-0.25, -0.2) is 0 Å². The Morgan fingerprint density at radius 2 is 2.06 bits per heavy atom. The van der Waals surface area contributed by atoms with E-state index >= 15 is 0 Å². The Balaban J connectivity index is 2.28.